The third-order valence-corrected chi connectivity index (χ3v) is 12.9. The Hall–Kier alpha value is -3.04. The minimum absolute atomic E-state index is 0.0617. The number of aromatic hydroxyl groups is 1. The number of quaternary nitrogens is 2. The third-order valence-electron chi connectivity index (χ3n) is 12.9. The minimum atomic E-state index is -0.715. The molecule has 42 heavy (non-hydrogen) atoms. The van der Waals surface area contributed by atoms with Gasteiger partial charge in [-0.15, -0.1) is 0 Å². The molecule has 218 valence electrons. The molecule has 2 spiro atoms. The van der Waals surface area contributed by atoms with Crippen LogP contribution < -0.4 is 24.0 Å². The van der Waals surface area contributed by atoms with Crippen LogP contribution in [0, 0.1) is 11.8 Å². The molecular weight excluding hydrogens is 532 g/mol. The maximum absolute atomic E-state index is 11.3. The zero-order valence-corrected chi connectivity index (χ0v) is 24.0. The number of likely N-dealkylation sites (tertiary alicyclic amines) is 2. The van der Waals surface area contributed by atoms with E-state index in [0.29, 0.717) is 35.3 Å². The first-order valence-electron chi connectivity index (χ1n) is 15.8. The number of aliphatic hydroxyl groups excluding tert-OH is 2. The van der Waals surface area contributed by atoms with Gasteiger partial charge in [-0.3, -0.25) is 0 Å². The van der Waals surface area contributed by atoms with Crippen LogP contribution in [-0.2, 0) is 23.7 Å². The van der Waals surface area contributed by atoms with Crippen LogP contribution in [0.3, 0.4) is 0 Å². The highest BCUT2D eigenvalue weighted by Gasteiger charge is 2.68. The van der Waals surface area contributed by atoms with Gasteiger partial charge in [-0.2, -0.15) is 0 Å². The van der Waals surface area contributed by atoms with Crippen molar-refractivity contribution in [1.29, 1.82) is 0 Å². The Balaban J connectivity index is 1.14. The quantitative estimate of drug-likeness (QED) is 0.326. The number of hydrogen-bond donors (Lipinski definition) is 5. The maximum atomic E-state index is 11.3. The molecule has 8 aliphatic rings. The normalized spacial score (nSPS) is 45.5. The van der Waals surface area contributed by atoms with Gasteiger partial charge >= 0.3 is 0 Å². The van der Waals surface area contributed by atoms with E-state index in [1.807, 2.05) is 18.2 Å². The van der Waals surface area contributed by atoms with E-state index in [2.05, 4.69) is 32.3 Å². The Morgan fingerprint density at radius 3 is 2.10 bits per heavy atom. The fourth-order valence-corrected chi connectivity index (χ4v) is 11.1. The Morgan fingerprint density at radius 1 is 0.786 bits per heavy atom. The molecule has 0 radical (unpaired) electrons. The van der Waals surface area contributed by atoms with Crippen LogP contribution in [0.25, 0.3) is 0 Å². The standard InChI is InChI=1S/C34H36N2O6/c1-35-11-9-33-18-4-6-22(37)31(33)42-30-25(8-3-16(27(30)33)13-20(18)35)40-26-15-24(39)29-28-17(26)14-21-19-5-7-23(38)32(41-29)34(19,28)10-12-36(21)2/h3-8,15,18-23,31-32,37-39H,9-14H2,1-2H3/p+2/t18-,19-,20+,21+,22-,23-,31-,32-,33-,34-/m0/s1. The molecule has 12 atom stereocenters. The zero-order valence-electron chi connectivity index (χ0n) is 24.0. The van der Waals surface area contributed by atoms with Crippen molar-refractivity contribution in [2.24, 2.45) is 11.8 Å². The first-order valence-corrected chi connectivity index (χ1v) is 15.8. The largest absolute Gasteiger partial charge is 0.504 e. The van der Waals surface area contributed by atoms with E-state index < -0.39 is 18.3 Å². The van der Waals surface area contributed by atoms with Crippen molar-refractivity contribution in [3.63, 3.8) is 0 Å². The molecule has 4 bridgehead atoms. The molecule has 4 aliphatic heterocycles. The highest BCUT2D eigenvalue weighted by molar-refractivity contribution is 5.68. The first-order chi connectivity index (χ1) is 20.3. The summed E-state index contributed by atoms with van der Waals surface area (Å²) in [6.07, 6.45) is 9.82. The monoisotopic (exact) mass is 570 g/mol. The van der Waals surface area contributed by atoms with Crippen molar-refractivity contribution >= 4 is 0 Å². The summed E-state index contributed by atoms with van der Waals surface area (Å²) in [7, 11) is 4.56. The lowest BCUT2D eigenvalue weighted by atomic mass is 9.53. The molecular formula is C34H38N2O6+2. The van der Waals surface area contributed by atoms with E-state index in [4.69, 9.17) is 14.2 Å². The Morgan fingerprint density at radius 2 is 1.40 bits per heavy atom. The van der Waals surface area contributed by atoms with Gasteiger partial charge in [0.15, 0.2) is 23.0 Å². The van der Waals surface area contributed by atoms with E-state index in [9.17, 15) is 15.3 Å². The van der Waals surface area contributed by atoms with Crippen molar-refractivity contribution in [2.45, 2.75) is 73.0 Å². The van der Waals surface area contributed by atoms with Gasteiger partial charge in [0.05, 0.1) is 50.1 Å². The summed E-state index contributed by atoms with van der Waals surface area (Å²) in [5.41, 5.74) is 4.03. The number of rotatable bonds is 2. The topological polar surface area (TPSA) is 97.3 Å². The summed E-state index contributed by atoms with van der Waals surface area (Å²) in [6, 6.07) is 6.73. The smallest absolute Gasteiger partial charge is 0.169 e. The van der Waals surface area contributed by atoms with Crippen LogP contribution in [0.5, 0.6) is 28.7 Å². The molecule has 8 heteroatoms. The summed E-state index contributed by atoms with van der Waals surface area (Å²) in [5, 5.41) is 33.6. The van der Waals surface area contributed by atoms with Crippen molar-refractivity contribution in [3.05, 3.63) is 64.8 Å². The van der Waals surface area contributed by atoms with Gasteiger partial charge < -0.3 is 39.3 Å². The molecule has 2 aromatic rings. The lowest BCUT2D eigenvalue weighted by molar-refractivity contribution is -0.917. The molecule has 8 nitrogen and oxygen atoms in total. The number of likely N-dealkylation sites (N-methyl/N-ethyl adjacent to an activating group) is 2. The van der Waals surface area contributed by atoms with Gasteiger partial charge in [-0.05, 0) is 11.6 Å². The van der Waals surface area contributed by atoms with E-state index >= 15 is 0 Å². The predicted octanol–water partition coefficient (Wildman–Crippen LogP) is -0.0379. The average Bonchev–Trinajstić information content (AvgIpc) is 3.52. The van der Waals surface area contributed by atoms with E-state index in [0.717, 1.165) is 55.6 Å². The number of aliphatic hydroxyl groups is 2. The zero-order chi connectivity index (χ0) is 28.3. The number of ether oxygens (including phenoxy) is 3. The number of benzene rings is 2. The second kappa shape index (κ2) is 7.72. The number of phenolic OH excluding ortho intramolecular Hbond substituents is 1. The molecule has 2 fully saturated rings. The Kier molecular flexibility index (Phi) is 4.49. The van der Waals surface area contributed by atoms with Crippen molar-refractivity contribution in [3.8, 4) is 28.7 Å². The summed E-state index contributed by atoms with van der Waals surface area (Å²) in [5.74, 6) is 3.18. The third kappa shape index (κ3) is 2.59. The fourth-order valence-electron chi connectivity index (χ4n) is 11.1. The van der Waals surface area contributed by atoms with Crippen molar-refractivity contribution < 1.29 is 39.3 Å². The lowest BCUT2D eigenvalue weighted by Gasteiger charge is -2.54. The van der Waals surface area contributed by atoms with Crippen LogP contribution in [0.15, 0.2) is 42.5 Å². The molecule has 2 aromatic carbocycles. The SMILES string of the molecule is C[NH+]1CC[C@]23c4c5ccc(Oc6cc(O)c7c8c6C[C@@H]6[C@@H]9C=C[C@H](O)[C@H](O7)[C@]89CC[NH+]6C)c4O[C@H]2[C@@H](O)C=C[C@H]3[C@H]1C5. The van der Waals surface area contributed by atoms with Crippen molar-refractivity contribution in [1.82, 2.24) is 0 Å². The predicted molar refractivity (Wildman–Crippen MR) is 152 cm³/mol. The molecule has 4 aliphatic carbocycles. The van der Waals surface area contributed by atoms with Gasteiger partial charge in [-0.1, -0.05) is 30.4 Å². The Labute approximate surface area is 244 Å². The molecule has 0 aromatic heterocycles. The van der Waals surface area contributed by atoms with E-state index in [-0.39, 0.29) is 28.6 Å². The average molecular weight is 571 g/mol. The number of nitrogens with one attached hydrogen (secondary N) is 2. The van der Waals surface area contributed by atoms with Crippen molar-refractivity contribution in [2.75, 3.05) is 27.2 Å². The van der Waals surface area contributed by atoms with Gasteiger partial charge in [0.1, 0.15) is 30.2 Å². The second-order valence-corrected chi connectivity index (χ2v) is 14.4. The molecule has 2 unspecified atom stereocenters. The van der Waals surface area contributed by atoms with Crippen LogP contribution in [0.4, 0.5) is 0 Å². The maximum Gasteiger partial charge on any atom is 0.169 e. The van der Waals surface area contributed by atoms with E-state index in [1.165, 1.54) is 16.0 Å². The molecule has 2 saturated heterocycles. The van der Waals surface area contributed by atoms with Crippen LogP contribution in [-0.4, -0.2) is 79.0 Å². The van der Waals surface area contributed by atoms with Crippen LogP contribution >= 0.6 is 0 Å². The number of phenols is 1. The molecule has 5 N–H and O–H groups in total. The highest BCUT2D eigenvalue weighted by atomic mass is 16.5. The second-order valence-electron chi connectivity index (χ2n) is 14.4. The van der Waals surface area contributed by atoms with Gasteiger partial charge in [-0.25, -0.2) is 0 Å². The summed E-state index contributed by atoms with van der Waals surface area (Å²) in [4.78, 5) is 3.03. The van der Waals surface area contributed by atoms with E-state index in [1.54, 1.807) is 11.0 Å². The summed E-state index contributed by atoms with van der Waals surface area (Å²) in [6.45, 7) is 2.05. The highest BCUT2D eigenvalue weighted by Crippen LogP contribution is 2.64. The molecule has 0 saturated carbocycles. The fraction of sp³-hybridized carbons (Fsp3) is 0.529. The summed E-state index contributed by atoms with van der Waals surface area (Å²) < 4.78 is 20.0. The van der Waals surface area contributed by atoms with Gasteiger partial charge in [0.25, 0.3) is 0 Å². The first kappa shape index (κ1) is 24.4. The minimum Gasteiger partial charge on any atom is -0.504 e. The van der Waals surface area contributed by atoms with Crippen LogP contribution in [0.2, 0.25) is 0 Å². The Bertz CT molecular complexity index is 1640. The molecule has 10 rings (SSSR count). The molecule has 0 amide bonds. The number of hydrogen-bond acceptors (Lipinski definition) is 6. The summed E-state index contributed by atoms with van der Waals surface area (Å²) >= 11 is 0. The lowest BCUT2D eigenvalue weighted by Crippen LogP contribution is -3.16. The van der Waals surface area contributed by atoms with Gasteiger partial charge in [0, 0.05) is 60.3 Å². The van der Waals surface area contributed by atoms with Gasteiger partial charge in [0.2, 0.25) is 0 Å². The van der Waals surface area contributed by atoms with Crippen LogP contribution in [0.1, 0.15) is 35.1 Å². The molecule has 4 heterocycles. The number of piperidine rings is 2.